The summed E-state index contributed by atoms with van der Waals surface area (Å²) in [6.45, 7) is 15.5. The molecule has 15 heteroatoms. The standard InChI is InChI=1S/3C23H22N2O2.3HI/c3*1-3-17-11-10-14-20-23(17)25(4-2)22(27-20)16-7-5-6-15-21-24-18-12-8-9-13-19(18)26-21;;;/h3*5-16H,3-4H2,1-2H3;3*1H. The van der Waals surface area contributed by atoms with Crippen LogP contribution in [0.3, 0.4) is 0 Å². The van der Waals surface area contributed by atoms with Crippen LogP contribution in [-0.2, 0) is 38.9 Å². The summed E-state index contributed by atoms with van der Waals surface area (Å²) in [4.78, 5) is 0. The second-order valence-corrected chi connectivity index (χ2v) is 18.9. The van der Waals surface area contributed by atoms with Crippen LogP contribution in [0.4, 0.5) is 17.1 Å². The topological polar surface area (TPSA) is 115 Å². The van der Waals surface area contributed by atoms with E-state index in [2.05, 4.69) is 108 Å². The van der Waals surface area contributed by atoms with Gasteiger partial charge in [0.2, 0.25) is 16.7 Å². The second-order valence-electron chi connectivity index (χ2n) is 18.9. The highest BCUT2D eigenvalue weighted by Gasteiger charge is 2.24. The van der Waals surface area contributed by atoms with Crippen molar-refractivity contribution in [2.75, 3.05) is 16.0 Å². The Hall–Kier alpha value is -7.62. The molecule has 0 unspecified atom stereocenters. The minimum absolute atomic E-state index is 0. The zero-order valence-electron chi connectivity index (χ0n) is 48.0. The van der Waals surface area contributed by atoms with Gasteiger partial charge in [0.05, 0.1) is 35.3 Å². The van der Waals surface area contributed by atoms with E-state index in [9.17, 15) is 0 Å². The first kappa shape index (κ1) is 64.0. The maximum absolute atomic E-state index is 6.04. The Balaban J connectivity index is 0.000000178. The quantitative estimate of drug-likeness (QED) is 0.0590. The minimum atomic E-state index is 0. The summed E-state index contributed by atoms with van der Waals surface area (Å²) in [7, 11) is 0. The number of ether oxygens (including phenoxy) is 3. The third-order valence-corrected chi connectivity index (χ3v) is 13.8. The van der Waals surface area contributed by atoms with Crippen LogP contribution in [0.15, 0.2) is 231 Å². The van der Waals surface area contributed by atoms with Gasteiger partial charge in [0.15, 0.2) is 34.9 Å². The molecule has 84 heavy (non-hydrogen) atoms. The second kappa shape index (κ2) is 31.3. The van der Waals surface area contributed by atoms with Gasteiger partial charge >= 0.3 is 17.7 Å². The van der Waals surface area contributed by atoms with Crippen molar-refractivity contribution in [2.24, 2.45) is 0 Å². The lowest BCUT2D eigenvalue weighted by Crippen LogP contribution is -3.00. The maximum atomic E-state index is 6.04. The van der Waals surface area contributed by atoms with Crippen molar-refractivity contribution < 1.29 is 113 Å². The van der Waals surface area contributed by atoms with Gasteiger partial charge in [-0.2, -0.15) is 13.7 Å². The SMILES string of the molecule is CCc1cccc2oc(C=CC=CC=C3Nc4ccccc4O3)[n+](CC)c12.CCc1cccc2oc(C=CC=CC=C3Nc4ccccc4O3)[n+](CC)c12.CCc1cccc2oc(C=CC=CC=C3Nc4ccccc4O3)[n+](CC)c12.[I-].[I-].[I-]. The average Bonchev–Trinajstić information content (AvgIpc) is 4.32. The van der Waals surface area contributed by atoms with E-state index in [-0.39, 0.29) is 71.9 Å². The lowest BCUT2D eigenvalue weighted by Gasteiger charge is -1.95. The van der Waals surface area contributed by atoms with E-state index in [1.54, 1.807) is 0 Å². The average molecular weight is 1460 g/mol. The number of rotatable bonds is 15. The summed E-state index contributed by atoms with van der Waals surface area (Å²) in [6, 6.07) is 42.4. The first-order valence-corrected chi connectivity index (χ1v) is 28.0. The Morgan fingerprint density at radius 2 is 0.619 bits per heavy atom. The van der Waals surface area contributed by atoms with Crippen LogP contribution in [0.1, 0.15) is 75.9 Å². The van der Waals surface area contributed by atoms with Crippen molar-refractivity contribution in [3.8, 4) is 17.2 Å². The highest BCUT2D eigenvalue weighted by molar-refractivity contribution is 5.76. The lowest BCUT2D eigenvalue weighted by atomic mass is 10.1. The van der Waals surface area contributed by atoms with Gasteiger partial charge in [0.25, 0.3) is 16.6 Å². The van der Waals surface area contributed by atoms with Crippen LogP contribution in [0, 0.1) is 0 Å². The van der Waals surface area contributed by atoms with Crippen molar-refractivity contribution in [1.29, 1.82) is 0 Å². The van der Waals surface area contributed by atoms with Crippen LogP contribution in [0.25, 0.3) is 51.5 Å². The molecule has 12 nitrogen and oxygen atoms in total. The molecule has 12 rings (SSSR count). The Morgan fingerprint density at radius 3 is 0.881 bits per heavy atom. The molecule has 9 aromatic rings. The number of hydrogen-bond donors (Lipinski definition) is 3. The van der Waals surface area contributed by atoms with E-state index in [4.69, 9.17) is 27.5 Å². The molecule has 3 N–H and O–H groups in total. The Labute approximate surface area is 543 Å². The molecule has 3 aliphatic heterocycles. The van der Waals surface area contributed by atoms with E-state index in [0.29, 0.717) is 0 Å². The van der Waals surface area contributed by atoms with Gasteiger partial charge in [0.1, 0.15) is 19.6 Å². The molecule has 0 saturated carbocycles. The molecular weight excluding hydrogens is 1390 g/mol. The number of nitrogens with zero attached hydrogens (tertiary/aromatic N) is 3. The first-order chi connectivity index (χ1) is 39.9. The number of halogens is 3. The highest BCUT2D eigenvalue weighted by Crippen LogP contribution is 2.35. The van der Waals surface area contributed by atoms with Gasteiger partial charge in [0, 0.05) is 16.7 Å². The van der Waals surface area contributed by atoms with Crippen molar-refractivity contribution in [3.05, 3.63) is 252 Å². The zero-order chi connectivity index (χ0) is 55.9. The number of nitrogens with one attached hydrogen (secondary N) is 3. The predicted octanol–water partition coefficient (Wildman–Crippen LogP) is 6.67. The van der Waals surface area contributed by atoms with Gasteiger partial charge in [-0.3, -0.25) is 0 Å². The predicted molar refractivity (Wildman–Crippen MR) is 325 cm³/mol. The fraction of sp³-hybridized carbons (Fsp3) is 0.174. The van der Waals surface area contributed by atoms with Crippen LogP contribution < -0.4 is 116 Å². The third kappa shape index (κ3) is 15.0. The van der Waals surface area contributed by atoms with Crippen molar-refractivity contribution >= 4 is 68.6 Å². The molecule has 6 aromatic carbocycles. The fourth-order valence-corrected chi connectivity index (χ4v) is 9.94. The lowest BCUT2D eigenvalue weighted by molar-refractivity contribution is -0.674. The van der Waals surface area contributed by atoms with Gasteiger partial charge < -0.3 is 115 Å². The number of para-hydroxylation sites is 9. The highest BCUT2D eigenvalue weighted by atomic mass is 127. The Morgan fingerprint density at radius 1 is 0.333 bits per heavy atom. The summed E-state index contributed by atoms with van der Waals surface area (Å²) in [5, 5.41) is 9.70. The smallest absolute Gasteiger partial charge is 0.374 e. The number of oxazole rings is 3. The van der Waals surface area contributed by atoms with Crippen LogP contribution in [-0.4, -0.2) is 0 Å². The molecule has 0 amide bonds. The van der Waals surface area contributed by atoms with E-state index < -0.39 is 0 Å². The van der Waals surface area contributed by atoms with E-state index >= 15 is 0 Å². The molecule has 0 fully saturated rings. The Bertz CT molecular complexity index is 3520. The first-order valence-electron chi connectivity index (χ1n) is 28.0. The molecular formula is C69H69I3N6O6. The molecule has 0 bridgehead atoms. The van der Waals surface area contributed by atoms with Crippen molar-refractivity contribution in [1.82, 2.24) is 0 Å². The molecule has 0 spiro atoms. The minimum Gasteiger partial charge on any atom is -1.00 e. The van der Waals surface area contributed by atoms with Crippen molar-refractivity contribution in [3.63, 3.8) is 0 Å². The van der Waals surface area contributed by atoms with Crippen molar-refractivity contribution in [2.45, 2.75) is 80.4 Å². The van der Waals surface area contributed by atoms with Crippen LogP contribution >= 0.6 is 0 Å². The fourth-order valence-electron chi connectivity index (χ4n) is 9.94. The summed E-state index contributed by atoms with van der Waals surface area (Å²) >= 11 is 0. The van der Waals surface area contributed by atoms with Gasteiger partial charge in [-0.25, -0.2) is 0 Å². The van der Waals surface area contributed by atoms with E-state index in [1.807, 2.05) is 182 Å². The summed E-state index contributed by atoms with van der Waals surface area (Å²) in [6.07, 6.45) is 32.4. The molecule has 0 radical (unpaired) electrons. The zero-order valence-corrected chi connectivity index (χ0v) is 54.4. The van der Waals surface area contributed by atoms with Gasteiger partial charge in [-0.15, -0.1) is 0 Å². The van der Waals surface area contributed by atoms with E-state index in [1.165, 1.54) is 33.2 Å². The largest absolute Gasteiger partial charge is 1.00 e. The van der Waals surface area contributed by atoms with Crippen LogP contribution in [0.2, 0.25) is 0 Å². The molecule has 3 aromatic heterocycles. The summed E-state index contributed by atoms with van der Waals surface area (Å²) in [5.41, 5.74) is 13.3. The van der Waals surface area contributed by atoms with E-state index in [0.717, 1.165) is 125 Å². The number of allylic oxidation sites excluding steroid dienone is 12. The number of aromatic nitrogens is 3. The molecule has 3 aliphatic rings. The molecule has 0 atom stereocenters. The number of benzene rings is 6. The summed E-state index contributed by atoms with van der Waals surface area (Å²) < 4.78 is 42.0. The Kier molecular flexibility index (Phi) is 23.8. The normalized spacial score (nSPS) is 14.4. The number of fused-ring (bicyclic) bond motifs is 6. The third-order valence-electron chi connectivity index (χ3n) is 13.8. The van der Waals surface area contributed by atoms with Gasteiger partial charge in [-0.05, 0) is 113 Å². The monoisotopic (exact) mass is 1460 g/mol. The van der Waals surface area contributed by atoms with Gasteiger partial charge in [-0.1, -0.05) is 148 Å². The number of anilines is 3. The summed E-state index contributed by atoms with van der Waals surface area (Å²) in [5.74, 6) is 7.29. The van der Waals surface area contributed by atoms with Crippen LogP contribution in [0.5, 0.6) is 17.2 Å². The molecule has 6 heterocycles. The molecule has 0 saturated heterocycles. The maximum Gasteiger partial charge on any atom is 0.374 e. The number of aryl methyl sites for hydroxylation is 6. The molecule has 432 valence electrons. The molecule has 0 aliphatic carbocycles. The number of hydrogen-bond acceptors (Lipinski definition) is 9.